The molecular formula is C21H23N3O5. The fraction of sp³-hybridized carbons (Fsp3) is 0.286. The van der Waals surface area contributed by atoms with Gasteiger partial charge in [0.25, 0.3) is 5.91 Å². The van der Waals surface area contributed by atoms with Crippen LogP contribution in [-0.4, -0.2) is 47.1 Å². The third kappa shape index (κ3) is 4.22. The summed E-state index contributed by atoms with van der Waals surface area (Å²) >= 11 is 0. The van der Waals surface area contributed by atoms with Crippen molar-refractivity contribution in [2.45, 2.75) is 24.9 Å². The number of rotatable bonds is 8. The van der Waals surface area contributed by atoms with Crippen molar-refractivity contribution < 1.29 is 24.2 Å². The van der Waals surface area contributed by atoms with Crippen molar-refractivity contribution in [2.75, 3.05) is 13.2 Å². The number of nitrogens with zero attached hydrogens (tertiary/aromatic N) is 1. The number of aliphatic hydroxyl groups excluding tert-OH is 1. The molecule has 1 saturated heterocycles. The number of imide groups is 1. The third-order valence-corrected chi connectivity index (χ3v) is 4.91. The first-order valence-electron chi connectivity index (χ1n) is 9.25. The van der Waals surface area contributed by atoms with Crippen molar-refractivity contribution in [1.82, 2.24) is 10.2 Å². The Balaban J connectivity index is 1.84. The highest BCUT2D eigenvalue weighted by Gasteiger charge is 2.46. The number of nitrogens with two attached hydrogens (primary N) is 1. The van der Waals surface area contributed by atoms with Crippen LogP contribution >= 0.6 is 0 Å². The molecule has 0 bridgehead atoms. The molecule has 8 heteroatoms. The predicted octanol–water partition coefficient (Wildman–Crippen LogP) is 1.31. The largest absolute Gasteiger partial charge is 0.491 e. The average molecular weight is 397 g/mol. The second kappa shape index (κ2) is 8.74. The average Bonchev–Trinajstić information content (AvgIpc) is 3.02. The molecule has 2 unspecified atom stereocenters. The molecule has 1 aliphatic heterocycles. The van der Waals surface area contributed by atoms with Gasteiger partial charge in [-0.25, -0.2) is 9.69 Å². The monoisotopic (exact) mass is 397 g/mol. The standard InChI is InChI=1S/C21H23N3O5/c1-13(14-5-3-2-4-6-14)18(19(22)26)24-20(27)17(23-21(24)28)15-7-9-16(10-8-15)29-12-11-25/h2-10,13,17-18,25H,11-12H2,1H3,(H2,22,26)(H,23,28)/t13?,17-,18?/m1/s1. The molecular weight excluding hydrogens is 374 g/mol. The lowest BCUT2D eigenvalue weighted by molar-refractivity contribution is -0.135. The number of urea groups is 1. The van der Waals surface area contributed by atoms with E-state index in [9.17, 15) is 14.4 Å². The molecule has 3 rings (SSSR count). The molecule has 8 nitrogen and oxygen atoms in total. The molecule has 1 fully saturated rings. The van der Waals surface area contributed by atoms with Gasteiger partial charge in [0.2, 0.25) is 5.91 Å². The normalized spacial score (nSPS) is 18.3. The number of ether oxygens (including phenoxy) is 1. The van der Waals surface area contributed by atoms with Gasteiger partial charge in [-0.2, -0.15) is 0 Å². The Morgan fingerprint density at radius 3 is 2.41 bits per heavy atom. The molecule has 4 amide bonds. The molecule has 29 heavy (non-hydrogen) atoms. The van der Waals surface area contributed by atoms with Crippen LogP contribution in [0, 0.1) is 0 Å². The maximum absolute atomic E-state index is 13.0. The van der Waals surface area contributed by atoms with Crippen molar-refractivity contribution in [1.29, 1.82) is 0 Å². The maximum Gasteiger partial charge on any atom is 0.325 e. The summed E-state index contributed by atoms with van der Waals surface area (Å²) in [6.07, 6.45) is 0. The van der Waals surface area contributed by atoms with E-state index >= 15 is 0 Å². The fourth-order valence-corrected chi connectivity index (χ4v) is 3.44. The van der Waals surface area contributed by atoms with E-state index in [1.807, 2.05) is 30.3 Å². The number of carbonyl (C=O) groups excluding carboxylic acids is 3. The van der Waals surface area contributed by atoms with Crippen LogP contribution in [0.25, 0.3) is 0 Å². The smallest absolute Gasteiger partial charge is 0.325 e. The number of carbonyl (C=O) groups is 3. The molecule has 0 aromatic heterocycles. The predicted molar refractivity (Wildman–Crippen MR) is 105 cm³/mol. The van der Waals surface area contributed by atoms with Crippen molar-refractivity contribution in [3.63, 3.8) is 0 Å². The van der Waals surface area contributed by atoms with Gasteiger partial charge in [0, 0.05) is 5.92 Å². The zero-order chi connectivity index (χ0) is 21.0. The van der Waals surface area contributed by atoms with Gasteiger partial charge in [-0.1, -0.05) is 49.4 Å². The Labute approximate surface area is 168 Å². The number of hydrogen-bond donors (Lipinski definition) is 3. The maximum atomic E-state index is 13.0. The van der Waals surface area contributed by atoms with Crippen LogP contribution in [0.2, 0.25) is 0 Å². The molecule has 0 radical (unpaired) electrons. The van der Waals surface area contributed by atoms with Gasteiger partial charge < -0.3 is 20.9 Å². The fourth-order valence-electron chi connectivity index (χ4n) is 3.44. The minimum atomic E-state index is -1.11. The van der Waals surface area contributed by atoms with Gasteiger partial charge in [0.15, 0.2) is 0 Å². The van der Waals surface area contributed by atoms with Crippen molar-refractivity contribution in [2.24, 2.45) is 5.73 Å². The minimum Gasteiger partial charge on any atom is -0.491 e. The lowest BCUT2D eigenvalue weighted by atomic mass is 9.91. The SMILES string of the molecule is CC(c1ccccc1)C(C(N)=O)N1C(=O)N[C@H](c2ccc(OCCO)cc2)C1=O. The first kappa shape index (κ1) is 20.3. The lowest BCUT2D eigenvalue weighted by Gasteiger charge is -2.28. The molecule has 0 saturated carbocycles. The zero-order valence-electron chi connectivity index (χ0n) is 15.9. The highest BCUT2D eigenvalue weighted by molar-refractivity contribution is 6.08. The van der Waals surface area contributed by atoms with E-state index in [4.69, 9.17) is 15.6 Å². The molecule has 1 heterocycles. The second-order valence-corrected chi connectivity index (χ2v) is 6.78. The number of benzene rings is 2. The Hall–Kier alpha value is -3.39. The summed E-state index contributed by atoms with van der Waals surface area (Å²) in [7, 11) is 0. The number of hydrogen-bond acceptors (Lipinski definition) is 5. The number of nitrogens with one attached hydrogen (secondary N) is 1. The van der Waals surface area contributed by atoms with Crippen LogP contribution < -0.4 is 15.8 Å². The molecule has 0 spiro atoms. The Kier molecular flexibility index (Phi) is 6.13. The minimum absolute atomic E-state index is 0.109. The number of primary amides is 1. The van der Waals surface area contributed by atoms with E-state index in [0.717, 1.165) is 10.5 Å². The van der Waals surface area contributed by atoms with E-state index in [-0.39, 0.29) is 13.2 Å². The van der Waals surface area contributed by atoms with E-state index in [2.05, 4.69) is 5.32 Å². The third-order valence-electron chi connectivity index (χ3n) is 4.91. The number of amides is 4. The van der Waals surface area contributed by atoms with Gasteiger partial charge in [-0.15, -0.1) is 0 Å². The molecule has 3 atom stereocenters. The van der Waals surface area contributed by atoms with Crippen LogP contribution in [-0.2, 0) is 9.59 Å². The van der Waals surface area contributed by atoms with Gasteiger partial charge in [-0.05, 0) is 23.3 Å². The summed E-state index contributed by atoms with van der Waals surface area (Å²) < 4.78 is 5.30. The van der Waals surface area contributed by atoms with E-state index in [1.54, 1.807) is 31.2 Å². The van der Waals surface area contributed by atoms with Crippen LogP contribution in [0.15, 0.2) is 54.6 Å². The molecule has 4 N–H and O–H groups in total. The first-order valence-corrected chi connectivity index (χ1v) is 9.25. The van der Waals surface area contributed by atoms with Gasteiger partial charge in [0.1, 0.15) is 24.4 Å². The van der Waals surface area contributed by atoms with Crippen molar-refractivity contribution >= 4 is 17.8 Å². The topological polar surface area (TPSA) is 122 Å². The van der Waals surface area contributed by atoms with E-state index < -0.39 is 35.8 Å². The van der Waals surface area contributed by atoms with Gasteiger partial charge in [-0.3, -0.25) is 9.59 Å². The van der Waals surface area contributed by atoms with Gasteiger partial charge in [0.05, 0.1) is 6.61 Å². The van der Waals surface area contributed by atoms with Crippen LogP contribution in [0.4, 0.5) is 4.79 Å². The van der Waals surface area contributed by atoms with Crippen LogP contribution in [0.3, 0.4) is 0 Å². The van der Waals surface area contributed by atoms with Crippen LogP contribution in [0.5, 0.6) is 5.75 Å². The Morgan fingerprint density at radius 2 is 1.83 bits per heavy atom. The Morgan fingerprint density at radius 1 is 1.17 bits per heavy atom. The lowest BCUT2D eigenvalue weighted by Crippen LogP contribution is -2.51. The summed E-state index contributed by atoms with van der Waals surface area (Å²) in [5.74, 6) is -1.22. The van der Waals surface area contributed by atoms with Crippen LogP contribution in [0.1, 0.15) is 30.0 Å². The highest BCUT2D eigenvalue weighted by atomic mass is 16.5. The first-order chi connectivity index (χ1) is 13.9. The zero-order valence-corrected chi connectivity index (χ0v) is 15.9. The summed E-state index contributed by atoms with van der Waals surface area (Å²) in [5.41, 5.74) is 6.93. The van der Waals surface area contributed by atoms with E-state index in [1.165, 1.54) is 0 Å². The second-order valence-electron chi connectivity index (χ2n) is 6.78. The van der Waals surface area contributed by atoms with E-state index in [0.29, 0.717) is 11.3 Å². The van der Waals surface area contributed by atoms with Crippen molar-refractivity contribution in [3.8, 4) is 5.75 Å². The molecule has 0 aliphatic carbocycles. The van der Waals surface area contributed by atoms with Gasteiger partial charge >= 0.3 is 6.03 Å². The quantitative estimate of drug-likeness (QED) is 0.580. The number of aliphatic hydroxyl groups is 1. The molecule has 152 valence electrons. The highest BCUT2D eigenvalue weighted by Crippen LogP contribution is 2.30. The molecule has 2 aromatic carbocycles. The summed E-state index contributed by atoms with van der Waals surface area (Å²) in [6, 6.07) is 13.0. The summed E-state index contributed by atoms with van der Waals surface area (Å²) in [4.78, 5) is 38.7. The summed E-state index contributed by atoms with van der Waals surface area (Å²) in [5, 5.41) is 11.4. The van der Waals surface area contributed by atoms with Crippen molar-refractivity contribution in [3.05, 3.63) is 65.7 Å². The molecule has 2 aromatic rings. The Bertz CT molecular complexity index is 885. The summed E-state index contributed by atoms with van der Waals surface area (Å²) in [6.45, 7) is 1.80. The molecule has 1 aliphatic rings.